The highest BCUT2D eigenvalue weighted by molar-refractivity contribution is 5.93. The zero-order valence-corrected chi connectivity index (χ0v) is 24.4. The molecule has 7 nitrogen and oxygen atoms in total. The Labute approximate surface area is 218 Å². The Balaban J connectivity index is 3.60. The Morgan fingerprint density at radius 2 is 1.64 bits per heavy atom. The molecule has 0 aliphatic rings. The van der Waals surface area contributed by atoms with E-state index in [0.29, 0.717) is 13.0 Å². The summed E-state index contributed by atoms with van der Waals surface area (Å²) in [5.41, 5.74) is 1.40. The molecule has 0 aliphatic carbocycles. The largest absolute Gasteiger partial charge is 0.444 e. The number of rotatable bonds is 10. The summed E-state index contributed by atoms with van der Waals surface area (Å²) < 4.78 is 5.46. The van der Waals surface area contributed by atoms with E-state index in [9.17, 15) is 14.4 Å². The summed E-state index contributed by atoms with van der Waals surface area (Å²) in [6, 6.07) is 4.15. The Morgan fingerprint density at radius 1 is 1.03 bits per heavy atom. The first-order valence-electron chi connectivity index (χ1n) is 13.2. The van der Waals surface area contributed by atoms with Crippen molar-refractivity contribution in [1.29, 1.82) is 0 Å². The Kier molecular flexibility index (Phi) is 11.5. The maximum atomic E-state index is 14.2. The van der Waals surface area contributed by atoms with Crippen LogP contribution in [0.2, 0.25) is 0 Å². The molecule has 3 amide bonds. The highest BCUT2D eigenvalue weighted by atomic mass is 16.6. The maximum Gasteiger partial charge on any atom is 0.408 e. The fraction of sp³-hybridized carbons (Fsp3) is 0.690. The molecule has 0 heterocycles. The zero-order valence-electron chi connectivity index (χ0n) is 24.4. The van der Waals surface area contributed by atoms with E-state index in [-0.39, 0.29) is 17.7 Å². The summed E-state index contributed by atoms with van der Waals surface area (Å²) in [5, 5.41) is 5.84. The normalized spacial score (nSPS) is 13.7. The number of unbranched alkanes of at least 4 members (excludes halogenated alkanes) is 1. The number of alkyl carbamates (subject to hydrolysis) is 1. The zero-order chi connectivity index (χ0) is 27.8. The number of hydrogen-bond acceptors (Lipinski definition) is 4. The molecule has 1 rings (SSSR count). The third kappa shape index (κ3) is 9.47. The number of nitrogens with one attached hydrogen (secondary N) is 2. The van der Waals surface area contributed by atoms with Gasteiger partial charge in [0.05, 0.1) is 0 Å². The molecule has 1 aromatic carbocycles. The first kappa shape index (κ1) is 31.5. The van der Waals surface area contributed by atoms with Crippen molar-refractivity contribution in [2.45, 2.75) is 119 Å². The topological polar surface area (TPSA) is 87.7 Å². The van der Waals surface area contributed by atoms with Crippen molar-refractivity contribution in [1.82, 2.24) is 15.5 Å². The highest BCUT2D eigenvalue weighted by Gasteiger charge is 2.42. The van der Waals surface area contributed by atoms with Gasteiger partial charge in [0.25, 0.3) is 0 Å². The van der Waals surface area contributed by atoms with E-state index in [4.69, 9.17) is 4.74 Å². The van der Waals surface area contributed by atoms with E-state index in [1.165, 1.54) is 0 Å². The van der Waals surface area contributed by atoms with E-state index in [1.807, 2.05) is 66.7 Å². The second-order valence-corrected chi connectivity index (χ2v) is 12.0. The van der Waals surface area contributed by atoms with Crippen molar-refractivity contribution in [3.05, 3.63) is 34.9 Å². The van der Waals surface area contributed by atoms with Crippen LogP contribution in [0.3, 0.4) is 0 Å². The lowest BCUT2D eigenvalue weighted by Gasteiger charge is -2.43. The van der Waals surface area contributed by atoms with Gasteiger partial charge < -0.3 is 20.3 Å². The lowest BCUT2D eigenvalue weighted by molar-refractivity contribution is -0.148. The van der Waals surface area contributed by atoms with Gasteiger partial charge in [0, 0.05) is 12.1 Å². The number of nitrogens with zero attached hydrogens (tertiary/aromatic N) is 1. The van der Waals surface area contributed by atoms with Crippen LogP contribution in [-0.4, -0.2) is 46.5 Å². The number of carbonyl (C=O) groups excluding carboxylic acids is 3. The predicted molar refractivity (Wildman–Crippen MR) is 146 cm³/mol. The van der Waals surface area contributed by atoms with Crippen molar-refractivity contribution in [3.63, 3.8) is 0 Å². The van der Waals surface area contributed by atoms with E-state index >= 15 is 0 Å². The van der Waals surface area contributed by atoms with Crippen molar-refractivity contribution >= 4 is 17.9 Å². The summed E-state index contributed by atoms with van der Waals surface area (Å²) in [7, 11) is 0. The fourth-order valence-electron chi connectivity index (χ4n) is 4.11. The average molecular weight is 504 g/mol. The van der Waals surface area contributed by atoms with Crippen molar-refractivity contribution in [2.24, 2.45) is 5.92 Å². The van der Waals surface area contributed by atoms with E-state index in [1.54, 1.807) is 25.7 Å². The van der Waals surface area contributed by atoms with Crippen molar-refractivity contribution in [2.75, 3.05) is 6.54 Å². The van der Waals surface area contributed by atoms with Gasteiger partial charge >= 0.3 is 6.09 Å². The Bertz CT molecular complexity index is 897. The molecule has 0 saturated heterocycles. The SMILES string of the molecule is CCCCNC(=O)C(c1cccc(C)c1C)N(C(=O)C(CC(C)C)NC(=O)OC(C)(C)C)C(C)(C)C. The van der Waals surface area contributed by atoms with Crippen LogP contribution in [0.1, 0.15) is 104 Å². The van der Waals surface area contributed by atoms with Gasteiger partial charge in [-0.1, -0.05) is 45.4 Å². The van der Waals surface area contributed by atoms with Crippen LogP contribution >= 0.6 is 0 Å². The van der Waals surface area contributed by atoms with Crippen LogP contribution in [-0.2, 0) is 14.3 Å². The molecule has 0 aliphatic heterocycles. The van der Waals surface area contributed by atoms with Gasteiger partial charge in [-0.2, -0.15) is 0 Å². The van der Waals surface area contributed by atoms with Crippen LogP contribution < -0.4 is 10.6 Å². The highest BCUT2D eigenvalue weighted by Crippen LogP contribution is 2.33. The van der Waals surface area contributed by atoms with Gasteiger partial charge in [-0.25, -0.2) is 4.79 Å². The van der Waals surface area contributed by atoms with Gasteiger partial charge in [-0.3, -0.25) is 9.59 Å². The first-order valence-corrected chi connectivity index (χ1v) is 13.2. The molecule has 0 spiro atoms. The molecule has 0 radical (unpaired) electrons. The van der Waals surface area contributed by atoms with Gasteiger partial charge in [-0.05, 0) is 90.8 Å². The second kappa shape index (κ2) is 13.1. The molecular formula is C29H49N3O4. The van der Waals surface area contributed by atoms with Crippen LogP contribution in [0.4, 0.5) is 4.79 Å². The molecule has 7 heteroatoms. The minimum absolute atomic E-state index is 0.133. The molecular weight excluding hydrogens is 454 g/mol. The molecule has 2 atom stereocenters. The van der Waals surface area contributed by atoms with Gasteiger partial charge in [0.15, 0.2) is 0 Å². The van der Waals surface area contributed by atoms with Gasteiger partial charge in [0.2, 0.25) is 11.8 Å². The molecule has 204 valence electrons. The first-order chi connectivity index (χ1) is 16.5. The van der Waals surface area contributed by atoms with E-state index < -0.39 is 29.3 Å². The third-order valence-corrected chi connectivity index (χ3v) is 5.93. The molecule has 0 aromatic heterocycles. The molecule has 2 N–H and O–H groups in total. The van der Waals surface area contributed by atoms with Crippen LogP contribution in [0.15, 0.2) is 18.2 Å². The summed E-state index contributed by atoms with van der Waals surface area (Å²) in [4.78, 5) is 42.3. The van der Waals surface area contributed by atoms with Gasteiger partial charge in [-0.15, -0.1) is 0 Å². The van der Waals surface area contributed by atoms with Crippen molar-refractivity contribution in [3.8, 4) is 0 Å². The monoisotopic (exact) mass is 503 g/mol. The average Bonchev–Trinajstić information content (AvgIpc) is 2.70. The number of carbonyl (C=O) groups is 3. The third-order valence-electron chi connectivity index (χ3n) is 5.93. The number of amides is 3. The smallest absolute Gasteiger partial charge is 0.408 e. The minimum atomic E-state index is -0.843. The van der Waals surface area contributed by atoms with E-state index in [0.717, 1.165) is 29.5 Å². The Hall–Kier alpha value is -2.57. The second-order valence-electron chi connectivity index (χ2n) is 12.0. The lowest BCUT2D eigenvalue weighted by atomic mass is 9.90. The quantitative estimate of drug-likeness (QED) is 0.393. The van der Waals surface area contributed by atoms with Gasteiger partial charge in [0.1, 0.15) is 17.7 Å². The van der Waals surface area contributed by atoms with Crippen molar-refractivity contribution < 1.29 is 19.1 Å². The van der Waals surface area contributed by atoms with E-state index in [2.05, 4.69) is 17.6 Å². The minimum Gasteiger partial charge on any atom is -0.444 e. The fourth-order valence-corrected chi connectivity index (χ4v) is 4.11. The maximum absolute atomic E-state index is 14.2. The number of ether oxygens (including phenoxy) is 1. The standard InChI is InChI=1S/C29H49N3O4/c1-12-13-17-30-25(33)24(22-16-14-15-20(4)21(22)5)32(28(6,7)8)26(34)23(18-19(2)3)31-27(35)36-29(9,10)11/h14-16,19,23-24H,12-13,17-18H2,1-11H3,(H,30,33)(H,31,35). The number of aryl methyl sites for hydroxylation is 1. The molecule has 0 saturated carbocycles. The summed E-state index contributed by atoms with van der Waals surface area (Å²) in [5.74, 6) is -0.396. The molecule has 2 unspecified atom stereocenters. The predicted octanol–water partition coefficient (Wildman–Crippen LogP) is 5.83. The number of benzene rings is 1. The summed E-state index contributed by atoms with van der Waals surface area (Å²) >= 11 is 0. The molecule has 1 aromatic rings. The Morgan fingerprint density at radius 3 is 2.14 bits per heavy atom. The van der Waals surface area contributed by atoms with Crippen LogP contribution in [0.5, 0.6) is 0 Å². The summed E-state index contributed by atoms with van der Waals surface area (Å²) in [6.45, 7) is 21.7. The van der Waals surface area contributed by atoms with Crippen LogP contribution in [0.25, 0.3) is 0 Å². The molecule has 36 heavy (non-hydrogen) atoms. The molecule has 0 fully saturated rings. The summed E-state index contributed by atoms with van der Waals surface area (Å²) in [6.07, 6.45) is 1.57. The lowest BCUT2D eigenvalue weighted by Crippen LogP contribution is -2.59. The number of hydrogen-bond donors (Lipinski definition) is 2. The molecule has 0 bridgehead atoms. The van der Waals surface area contributed by atoms with Crippen LogP contribution in [0, 0.1) is 19.8 Å².